The minimum atomic E-state index is 0.145. The van der Waals surface area contributed by atoms with Crippen molar-refractivity contribution in [2.24, 2.45) is 5.92 Å². The summed E-state index contributed by atoms with van der Waals surface area (Å²) in [6, 6.07) is 0.460. The molecule has 0 spiro atoms. The van der Waals surface area contributed by atoms with Crippen LogP contribution < -0.4 is 5.32 Å². The van der Waals surface area contributed by atoms with Gasteiger partial charge >= 0.3 is 0 Å². The van der Waals surface area contributed by atoms with E-state index >= 15 is 0 Å². The number of hydrogen-bond donors (Lipinski definition) is 1. The summed E-state index contributed by atoms with van der Waals surface area (Å²) in [5.41, 5.74) is 0. The van der Waals surface area contributed by atoms with Crippen molar-refractivity contribution in [3.63, 3.8) is 0 Å². The van der Waals surface area contributed by atoms with E-state index in [1.807, 2.05) is 0 Å². The molecule has 5 heteroatoms. The number of piperazine rings is 1. The first-order chi connectivity index (χ1) is 9.02. The van der Waals surface area contributed by atoms with Gasteiger partial charge in [-0.15, -0.1) is 0 Å². The van der Waals surface area contributed by atoms with Crippen molar-refractivity contribution >= 4 is 5.91 Å². The molecule has 0 bridgehead atoms. The molecule has 1 saturated heterocycles. The van der Waals surface area contributed by atoms with Gasteiger partial charge in [-0.2, -0.15) is 0 Å². The van der Waals surface area contributed by atoms with Gasteiger partial charge in [-0.25, -0.2) is 0 Å². The average Bonchev–Trinajstić information content (AvgIpc) is 2.37. The number of hydrogen-bond acceptors (Lipinski definition) is 4. The molecule has 1 heterocycles. The van der Waals surface area contributed by atoms with Crippen LogP contribution in [0.2, 0.25) is 0 Å². The van der Waals surface area contributed by atoms with Crippen LogP contribution in [0.25, 0.3) is 0 Å². The van der Waals surface area contributed by atoms with Crippen molar-refractivity contribution in [1.82, 2.24) is 15.1 Å². The van der Waals surface area contributed by atoms with Crippen molar-refractivity contribution in [3.05, 3.63) is 0 Å². The van der Waals surface area contributed by atoms with E-state index < -0.39 is 0 Å². The fraction of sp³-hybridized carbons (Fsp3) is 0.929. The van der Waals surface area contributed by atoms with E-state index in [0.717, 1.165) is 39.3 Å². The van der Waals surface area contributed by atoms with Crippen LogP contribution in [-0.4, -0.2) is 74.7 Å². The van der Waals surface area contributed by atoms with Gasteiger partial charge in [0, 0.05) is 45.9 Å². The van der Waals surface area contributed by atoms with Gasteiger partial charge in [0.05, 0.1) is 13.2 Å². The van der Waals surface area contributed by atoms with E-state index in [1.165, 1.54) is 0 Å². The Bertz CT molecular complexity index is 263. The molecule has 1 amide bonds. The van der Waals surface area contributed by atoms with Crippen LogP contribution >= 0.6 is 0 Å². The highest BCUT2D eigenvalue weighted by Gasteiger charge is 2.22. The smallest absolute Gasteiger partial charge is 0.234 e. The Balaban J connectivity index is 2.21. The van der Waals surface area contributed by atoms with Gasteiger partial charge in [-0.05, 0) is 12.8 Å². The number of ether oxygens (including phenoxy) is 1. The molecule has 112 valence electrons. The van der Waals surface area contributed by atoms with Gasteiger partial charge in [-0.1, -0.05) is 13.8 Å². The van der Waals surface area contributed by atoms with Gasteiger partial charge in [0.25, 0.3) is 0 Å². The van der Waals surface area contributed by atoms with Gasteiger partial charge in [-0.3, -0.25) is 14.6 Å². The molecule has 0 saturated carbocycles. The van der Waals surface area contributed by atoms with Crippen LogP contribution in [-0.2, 0) is 9.53 Å². The molecule has 1 rings (SSSR count). The summed E-state index contributed by atoms with van der Waals surface area (Å²) >= 11 is 0. The van der Waals surface area contributed by atoms with Crippen LogP contribution in [0.4, 0.5) is 0 Å². The summed E-state index contributed by atoms with van der Waals surface area (Å²) in [5, 5.41) is 2.97. The van der Waals surface area contributed by atoms with Crippen LogP contribution in [0.15, 0.2) is 0 Å². The van der Waals surface area contributed by atoms with Crippen LogP contribution in [0.3, 0.4) is 0 Å². The monoisotopic (exact) mass is 271 g/mol. The van der Waals surface area contributed by atoms with Crippen LogP contribution in [0.1, 0.15) is 20.8 Å². The first kappa shape index (κ1) is 16.4. The van der Waals surface area contributed by atoms with E-state index in [4.69, 9.17) is 4.74 Å². The molecule has 0 aromatic heterocycles. The Kier molecular flexibility index (Phi) is 7.34. The number of carbonyl (C=O) groups excluding carboxylic acids is 1. The van der Waals surface area contributed by atoms with E-state index in [0.29, 0.717) is 18.5 Å². The van der Waals surface area contributed by atoms with Crippen LogP contribution in [0, 0.1) is 5.92 Å². The molecule has 0 aliphatic carbocycles. The first-order valence-electron chi connectivity index (χ1n) is 7.25. The molecule has 1 aliphatic rings. The van der Waals surface area contributed by atoms with E-state index in [1.54, 1.807) is 7.11 Å². The molecular weight excluding hydrogens is 242 g/mol. The van der Waals surface area contributed by atoms with E-state index in [2.05, 4.69) is 35.9 Å². The predicted molar refractivity (Wildman–Crippen MR) is 77.2 cm³/mol. The maximum absolute atomic E-state index is 11.7. The van der Waals surface area contributed by atoms with Crippen molar-refractivity contribution in [2.45, 2.75) is 26.8 Å². The fourth-order valence-corrected chi connectivity index (χ4v) is 2.29. The lowest BCUT2D eigenvalue weighted by Crippen LogP contribution is -2.52. The predicted octanol–water partition coefficient (Wildman–Crippen LogP) is 0.411. The SMILES string of the molecule is COCC(C)N1CCN(CC(=O)NCC(C)C)CC1. The normalized spacial score (nSPS) is 19.6. The number of rotatable bonds is 7. The molecule has 1 atom stereocenters. The standard InChI is InChI=1S/C14H29N3O2/c1-12(2)9-15-14(18)10-16-5-7-17(8-6-16)13(3)11-19-4/h12-13H,5-11H2,1-4H3,(H,15,18). The molecule has 0 aromatic rings. The number of carbonyl (C=O) groups is 1. The lowest BCUT2D eigenvalue weighted by Gasteiger charge is -2.37. The molecule has 5 nitrogen and oxygen atoms in total. The number of nitrogens with one attached hydrogen (secondary N) is 1. The molecule has 19 heavy (non-hydrogen) atoms. The van der Waals surface area contributed by atoms with E-state index in [9.17, 15) is 4.79 Å². The minimum Gasteiger partial charge on any atom is -0.383 e. The van der Waals surface area contributed by atoms with Crippen LogP contribution in [0.5, 0.6) is 0 Å². The highest BCUT2D eigenvalue weighted by atomic mass is 16.5. The first-order valence-corrected chi connectivity index (χ1v) is 7.25. The molecule has 1 aliphatic heterocycles. The molecule has 1 fully saturated rings. The Morgan fingerprint density at radius 1 is 1.21 bits per heavy atom. The third kappa shape index (κ3) is 6.36. The number of methoxy groups -OCH3 is 1. The summed E-state index contributed by atoms with van der Waals surface area (Å²) in [5.74, 6) is 0.655. The van der Waals surface area contributed by atoms with Gasteiger partial charge in [0.1, 0.15) is 0 Å². The lowest BCUT2D eigenvalue weighted by molar-refractivity contribution is -0.122. The Morgan fingerprint density at radius 3 is 2.37 bits per heavy atom. The summed E-state index contributed by atoms with van der Waals surface area (Å²) in [7, 11) is 1.74. The highest BCUT2D eigenvalue weighted by molar-refractivity contribution is 5.78. The van der Waals surface area contributed by atoms with E-state index in [-0.39, 0.29) is 5.91 Å². The molecular formula is C14H29N3O2. The Labute approximate surface area is 117 Å². The third-order valence-electron chi connectivity index (χ3n) is 3.51. The summed E-state index contributed by atoms with van der Waals surface area (Å²) < 4.78 is 5.18. The van der Waals surface area contributed by atoms with Crippen molar-refractivity contribution < 1.29 is 9.53 Å². The second kappa shape index (κ2) is 8.51. The quantitative estimate of drug-likeness (QED) is 0.728. The Hall–Kier alpha value is -0.650. The van der Waals surface area contributed by atoms with Gasteiger partial charge in [0.2, 0.25) is 5.91 Å². The summed E-state index contributed by atoms with van der Waals surface area (Å²) in [6.45, 7) is 12.4. The fourth-order valence-electron chi connectivity index (χ4n) is 2.29. The topological polar surface area (TPSA) is 44.8 Å². The van der Waals surface area contributed by atoms with Gasteiger partial charge < -0.3 is 10.1 Å². The van der Waals surface area contributed by atoms with Crippen molar-refractivity contribution in [1.29, 1.82) is 0 Å². The highest BCUT2D eigenvalue weighted by Crippen LogP contribution is 2.06. The molecule has 0 radical (unpaired) electrons. The average molecular weight is 271 g/mol. The minimum absolute atomic E-state index is 0.145. The largest absolute Gasteiger partial charge is 0.383 e. The maximum Gasteiger partial charge on any atom is 0.234 e. The summed E-state index contributed by atoms with van der Waals surface area (Å²) in [6.07, 6.45) is 0. The Morgan fingerprint density at radius 2 is 1.84 bits per heavy atom. The number of amides is 1. The zero-order chi connectivity index (χ0) is 14.3. The number of nitrogens with zero attached hydrogens (tertiary/aromatic N) is 2. The van der Waals surface area contributed by atoms with Crippen molar-refractivity contribution in [2.75, 3.05) is 53.0 Å². The second-order valence-corrected chi connectivity index (χ2v) is 5.81. The van der Waals surface area contributed by atoms with Gasteiger partial charge in [0.15, 0.2) is 0 Å². The van der Waals surface area contributed by atoms with Crippen molar-refractivity contribution in [3.8, 4) is 0 Å². The third-order valence-corrected chi connectivity index (χ3v) is 3.51. The zero-order valence-electron chi connectivity index (χ0n) is 12.8. The lowest BCUT2D eigenvalue weighted by atomic mass is 10.2. The summed E-state index contributed by atoms with van der Waals surface area (Å²) in [4.78, 5) is 16.4. The zero-order valence-corrected chi connectivity index (χ0v) is 12.8. The molecule has 1 unspecified atom stereocenters. The maximum atomic E-state index is 11.7. The molecule has 1 N–H and O–H groups in total. The molecule has 0 aromatic carbocycles. The second-order valence-electron chi connectivity index (χ2n) is 5.81.